The number of hydrogen-bond acceptors (Lipinski definition) is 3. The summed E-state index contributed by atoms with van der Waals surface area (Å²) in [6, 6.07) is 11.3. The molecule has 0 radical (unpaired) electrons. The van der Waals surface area contributed by atoms with Crippen LogP contribution in [0, 0.1) is 0 Å². The molecule has 0 spiro atoms. The number of halogens is 1. The Kier molecular flexibility index (Phi) is 9.54. The Labute approximate surface area is 165 Å². The summed E-state index contributed by atoms with van der Waals surface area (Å²) in [5.41, 5.74) is 3.03. The van der Waals surface area contributed by atoms with Crippen LogP contribution in [0.1, 0.15) is 58.5 Å². The molecule has 2 aromatic carbocycles. The number of nitrogens with one attached hydrogen (secondary N) is 1. The lowest BCUT2D eigenvalue weighted by molar-refractivity contribution is 0.0681. The molecule has 1 aliphatic rings. The third kappa shape index (κ3) is 7.04. The lowest BCUT2D eigenvalue weighted by Crippen LogP contribution is -2.18. The van der Waals surface area contributed by atoms with Crippen molar-refractivity contribution in [2.75, 3.05) is 13.1 Å². The van der Waals surface area contributed by atoms with Crippen LogP contribution in [-0.4, -0.2) is 35.2 Å². The topological polar surface area (TPSA) is 86.6 Å². The van der Waals surface area contributed by atoms with Crippen molar-refractivity contribution in [1.82, 2.24) is 5.32 Å². The van der Waals surface area contributed by atoms with Crippen molar-refractivity contribution in [3.05, 3.63) is 69.7 Å². The highest BCUT2D eigenvalue weighted by Gasteiger charge is 2.14. The number of rotatable bonds is 2. The van der Waals surface area contributed by atoms with E-state index in [0.717, 1.165) is 24.5 Å². The van der Waals surface area contributed by atoms with Gasteiger partial charge in [-0.15, -0.1) is 0 Å². The van der Waals surface area contributed by atoms with Gasteiger partial charge in [0.15, 0.2) is 0 Å². The summed E-state index contributed by atoms with van der Waals surface area (Å²) in [4.78, 5) is 20.7. The largest absolute Gasteiger partial charge is 0.478 e. The van der Waals surface area contributed by atoms with Crippen molar-refractivity contribution in [3.63, 3.8) is 0 Å². The van der Waals surface area contributed by atoms with Gasteiger partial charge in [0.05, 0.1) is 11.1 Å². The Morgan fingerprint density at radius 2 is 1.52 bits per heavy atom. The van der Waals surface area contributed by atoms with E-state index in [4.69, 9.17) is 21.8 Å². The second-order valence-corrected chi connectivity index (χ2v) is 6.32. The number of hydrogen-bond donors (Lipinski definition) is 3. The van der Waals surface area contributed by atoms with Crippen LogP contribution in [0.25, 0.3) is 0 Å². The van der Waals surface area contributed by atoms with E-state index in [0.29, 0.717) is 5.92 Å². The number of carbonyl (C=O) groups is 2. The van der Waals surface area contributed by atoms with E-state index < -0.39 is 11.9 Å². The minimum absolute atomic E-state index is 0.0833. The Hall–Kier alpha value is -2.37. The third-order valence-corrected chi connectivity index (χ3v) is 4.27. The van der Waals surface area contributed by atoms with Crippen LogP contribution in [0.4, 0.5) is 0 Å². The van der Waals surface area contributed by atoms with Gasteiger partial charge in [-0.3, -0.25) is 0 Å². The molecule has 0 bridgehead atoms. The third-order valence-electron chi connectivity index (χ3n) is 4.04. The van der Waals surface area contributed by atoms with Crippen LogP contribution in [0.5, 0.6) is 0 Å². The van der Waals surface area contributed by atoms with Gasteiger partial charge in [-0.25, -0.2) is 9.59 Å². The summed E-state index contributed by atoms with van der Waals surface area (Å²) in [5, 5.41) is 21.2. The Morgan fingerprint density at radius 3 is 2.00 bits per heavy atom. The monoisotopic (exact) mass is 391 g/mol. The summed E-state index contributed by atoms with van der Waals surface area (Å²) < 4.78 is 0. The van der Waals surface area contributed by atoms with Gasteiger partial charge in [0.25, 0.3) is 0 Å². The zero-order valence-electron chi connectivity index (χ0n) is 15.8. The lowest BCUT2D eigenvalue weighted by Gasteiger charge is -2.11. The molecule has 0 unspecified atom stereocenters. The quantitative estimate of drug-likeness (QED) is 0.690. The summed E-state index contributed by atoms with van der Waals surface area (Å²) >= 11 is 5.97. The summed E-state index contributed by atoms with van der Waals surface area (Å²) in [6.07, 6.45) is 1.12. The fraction of sp³-hybridized carbons (Fsp3) is 0.333. The molecule has 146 valence electrons. The van der Waals surface area contributed by atoms with Crippen LogP contribution in [0.15, 0.2) is 42.5 Å². The molecule has 6 heteroatoms. The summed E-state index contributed by atoms with van der Waals surface area (Å²) in [6.45, 7) is 8.39. The van der Waals surface area contributed by atoms with Gasteiger partial charge in [0.1, 0.15) is 0 Å². The van der Waals surface area contributed by atoms with E-state index in [1.54, 1.807) is 0 Å². The van der Waals surface area contributed by atoms with Gasteiger partial charge in [0, 0.05) is 11.6 Å². The molecule has 0 aliphatic carbocycles. The second kappa shape index (κ2) is 11.4. The Balaban J connectivity index is 0.000000248. The average Bonchev–Trinajstić information content (AvgIpc) is 2.85. The summed E-state index contributed by atoms with van der Waals surface area (Å²) in [5.74, 6) is -1.55. The first-order valence-electron chi connectivity index (χ1n) is 8.94. The number of aromatic carboxylic acids is 2. The van der Waals surface area contributed by atoms with Crippen LogP contribution < -0.4 is 5.32 Å². The predicted octanol–water partition coefficient (Wildman–Crippen LogP) is 4.70. The molecule has 0 saturated heterocycles. The Morgan fingerprint density at radius 1 is 1.00 bits per heavy atom. The molecule has 1 aliphatic heterocycles. The standard InChI is InChI=1S/C11H14ClN.C8H6O4.C2H6/c1-8-7-13-5-4-9-2-3-10(12)6-11(8)9;9-7(10)5-1-2-6(4-3-5)8(11)12;1-2/h2-3,6,8,13H,4-5,7H2,1H3;1-4H,(H,9,10)(H,11,12);1-2H3/t8-;;/m0../s1. The van der Waals surface area contributed by atoms with Gasteiger partial charge < -0.3 is 15.5 Å². The molecule has 27 heavy (non-hydrogen) atoms. The number of fused-ring (bicyclic) bond motifs is 1. The minimum Gasteiger partial charge on any atom is -0.478 e. The highest BCUT2D eigenvalue weighted by molar-refractivity contribution is 6.30. The zero-order valence-corrected chi connectivity index (χ0v) is 16.6. The molecule has 3 rings (SSSR count). The molecular weight excluding hydrogens is 366 g/mol. The van der Waals surface area contributed by atoms with Crippen molar-refractivity contribution in [1.29, 1.82) is 0 Å². The highest BCUT2D eigenvalue weighted by Crippen LogP contribution is 2.25. The fourth-order valence-electron chi connectivity index (χ4n) is 2.66. The van der Waals surface area contributed by atoms with E-state index in [-0.39, 0.29) is 11.1 Å². The van der Waals surface area contributed by atoms with Crippen molar-refractivity contribution in [3.8, 4) is 0 Å². The van der Waals surface area contributed by atoms with Crippen molar-refractivity contribution < 1.29 is 19.8 Å². The van der Waals surface area contributed by atoms with E-state index in [2.05, 4.69) is 24.4 Å². The molecular formula is C21H26ClNO4. The first-order valence-corrected chi connectivity index (χ1v) is 9.32. The maximum Gasteiger partial charge on any atom is 0.335 e. The van der Waals surface area contributed by atoms with Crippen molar-refractivity contribution in [2.45, 2.75) is 33.1 Å². The smallest absolute Gasteiger partial charge is 0.335 e. The van der Waals surface area contributed by atoms with E-state index >= 15 is 0 Å². The highest BCUT2D eigenvalue weighted by atomic mass is 35.5. The van der Waals surface area contributed by atoms with Crippen LogP contribution in [0.2, 0.25) is 5.02 Å². The average molecular weight is 392 g/mol. The van der Waals surface area contributed by atoms with Gasteiger partial charge in [-0.1, -0.05) is 38.4 Å². The molecule has 0 fully saturated rings. The first kappa shape index (κ1) is 22.7. The maximum absolute atomic E-state index is 10.3. The van der Waals surface area contributed by atoms with Crippen LogP contribution in [-0.2, 0) is 6.42 Å². The number of carboxylic acids is 2. The predicted molar refractivity (Wildman–Crippen MR) is 108 cm³/mol. The van der Waals surface area contributed by atoms with E-state index in [1.807, 2.05) is 19.9 Å². The lowest BCUT2D eigenvalue weighted by atomic mass is 9.96. The zero-order chi connectivity index (χ0) is 20.4. The first-order chi connectivity index (χ1) is 12.9. The van der Waals surface area contributed by atoms with Gasteiger partial charge in [0.2, 0.25) is 0 Å². The van der Waals surface area contributed by atoms with Gasteiger partial charge >= 0.3 is 11.9 Å². The molecule has 0 amide bonds. The minimum atomic E-state index is -1.06. The van der Waals surface area contributed by atoms with Crippen molar-refractivity contribution in [2.24, 2.45) is 0 Å². The molecule has 3 N–H and O–H groups in total. The summed E-state index contributed by atoms with van der Waals surface area (Å²) in [7, 11) is 0. The number of benzene rings is 2. The van der Waals surface area contributed by atoms with Crippen LogP contribution in [0.3, 0.4) is 0 Å². The molecule has 0 aromatic heterocycles. The number of carboxylic acid groups (broad SMARTS) is 2. The Bertz CT molecular complexity index is 726. The molecule has 5 nitrogen and oxygen atoms in total. The molecule has 1 heterocycles. The molecule has 1 atom stereocenters. The molecule has 2 aromatic rings. The fourth-order valence-corrected chi connectivity index (χ4v) is 2.84. The van der Waals surface area contributed by atoms with E-state index in [1.165, 1.54) is 35.4 Å². The SMILES string of the molecule is CC.C[C@H]1CNCCc2ccc(Cl)cc21.O=C(O)c1ccc(C(=O)O)cc1. The normalized spacial score (nSPS) is 15.0. The molecule has 0 saturated carbocycles. The maximum atomic E-state index is 10.3. The van der Waals surface area contributed by atoms with Gasteiger partial charge in [-0.2, -0.15) is 0 Å². The van der Waals surface area contributed by atoms with Crippen molar-refractivity contribution >= 4 is 23.5 Å². The second-order valence-electron chi connectivity index (χ2n) is 5.89. The van der Waals surface area contributed by atoms with E-state index in [9.17, 15) is 9.59 Å². The van der Waals surface area contributed by atoms with Gasteiger partial charge in [-0.05, 0) is 66.4 Å². The van der Waals surface area contributed by atoms with Crippen LogP contribution >= 0.6 is 11.6 Å².